The van der Waals surface area contributed by atoms with Crippen molar-refractivity contribution in [3.8, 4) is 17.2 Å². The quantitative estimate of drug-likeness (QED) is 0.280. The van der Waals surface area contributed by atoms with Crippen LogP contribution in [-0.2, 0) is 19.7 Å². The molecule has 6 heteroatoms. The predicted molar refractivity (Wildman–Crippen MR) is 141 cm³/mol. The molecule has 0 aromatic heterocycles. The fourth-order valence-corrected chi connectivity index (χ4v) is 3.79. The summed E-state index contributed by atoms with van der Waals surface area (Å²) in [7, 11) is 3.22. The third-order valence-corrected chi connectivity index (χ3v) is 5.66. The van der Waals surface area contributed by atoms with Crippen molar-refractivity contribution in [1.82, 2.24) is 4.90 Å². The number of rotatable bonds is 10. The minimum atomic E-state index is -0.213. The van der Waals surface area contributed by atoms with Crippen LogP contribution in [0.4, 0.5) is 10.5 Å². The molecule has 0 spiro atoms. The van der Waals surface area contributed by atoms with Crippen LogP contribution in [0.25, 0.3) is 0 Å². The Hall–Kier alpha value is -4.45. The Balaban J connectivity index is 1.54. The minimum Gasteiger partial charge on any atom is -0.497 e. The van der Waals surface area contributed by atoms with Gasteiger partial charge in [-0.05, 0) is 41.0 Å². The number of ether oxygens (including phenoxy) is 3. The van der Waals surface area contributed by atoms with Gasteiger partial charge >= 0.3 is 6.03 Å². The second-order valence-corrected chi connectivity index (χ2v) is 8.26. The third-order valence-electron chi connectivity index (χ3n) is 5.66. The van der Waals surface area contributed by atoms with E-state index in [0.717, 1.165) is 16.7 Å². The average Bonchev–Trinajstić information content (AvgIpc) is 2.93. The number of methoxy groups -OCH3 is 2. The summed E-state index contributed by atoms with van der Waals surface area (Å²) < 4.78 is 16.9. The largest absolute Gasteiger partial charge is 0.497 e. The van der Waals surface area contributed by atoms with E-state index in [0.29, 0.717) is 42.6 Å². The Morgan fingerprint density at radius 1 is 0.694 bits per heavy atom. The van der Waals surface area contributed by atoms with Gasteiger partial charge in [0.05, 0.1) is 14.2 Å². The fraction of sp³-hybridized carbons (Fsp3) is 0.167. The number of urea groups is 1. The first-order chi connectivity index (χ1) is 17.6. The Kier molecular flexibility index (Phi) is 8.44. The second-order valence-electron chi connectivity index (χ2n) is 8.26. The lowest BCUT2D eigenvalue weighted by Gasteiger charge is -2.24. The van der Waals surface area contributed by atoms with Crippen LogP contribution < -0.4 is 19.5 Å². The number of hydrogen-bond donors (Lipinski definition) is 1. The molecule has 0 fully saturated rings. The number of hydrogen-bond acceptors (Lipinski definition) is 4. The summed E-state index contributed by atoms with van der Waals surface area (Å²) in [5.41, 5.74) is 3.69. The summed E-state index contributed by atoms with van der Waals surface area (Å²) in [5, 5.41) is 2.99. The van der Waals surface area contributed by atoms with Gasteiger partial charge in [-0.25, -0.2) is 4.79 Å². The standard InChI is InChI=1S/C30H30N2O4/c1-34-27-15-9-14-26(19-27)31-30(33)32(20-23-10-5-3-6-11-23)21-25-16-17-28(35-2)29(18-25)36-22-24-12-7-4-8-13-24/h3-19H,20-22H2,1-2H3,(H,31,33). The normalized spacial score (nSPS) is 10.4. The molecule has 36 heavy (non-hydrogen) atoms. The summed E-state index contributed by atoms with van der Waals surface area (Å²) in [5.74, 6) is 1.95. The van der Waals surface area contributed by atoms with E-state index in [1.54, 1.807) is 25.2 Å². The van der Waals surface area contributed by atoms with Gasteiger partial charge in [-0.15, -0.1) is 0 Å². The van der Waals surface area contributed by atoms with Crippen molar-refractivity contribution in [2.45, 2.75) is 19.7 Å². The Morgan fingerprint density at radius 3 is 2.08 bits per heavy atom. The first-order valence-corrected chi connectivity index (χ1v) is 11.7. The van der Waals surface area contributed by atoms with Crippen LogP contribution in [0.3, 0.4) is 0 Å². The van der Waals surface area contributed by atoms with Gasteiger partial charge in [0, 0.05) is 24.8 Å². The molecule has 4 aromatic rings. The predicted octanol–water partition coefficient (Wildman–Crippen LogP) is 6.52. The highest BCUT2D eigenvalue weighted by atomic mass is 16.5. The van der Waals surface area contributed by atoms with Crippen molar-refractivity contribution < 1.29 is 19.0 Å². The third kappa shape index (κ3) is 6.79. The molecule has 0 bridgehead atoms. The van der Waals surface area contributed by atoms with Crippen LogP contribution in [0, 0.1) is 0 Å². The molecule has 0 aliphatic heterocycles. The Labute approximate surface area is 212 Å². The lowest BCUT2D eigenvalue weighted by atomic mass is 10.1. The van der Waals surface area contributed by atoms with Crippen molar-refractivity contribution in [1.29, 1.82) is 0 Å². The van der Waals surface area contributed by atoms with Crippen molar-refractivity contribution >= 4 is 11.7 Å². The molecule has 1 N–H and O–H groups in total. The second kappa shape index (κ2) is 12.3. The molecule has 0 atom stereocenters. The number of anilines is 1. The monoisotopic (exact) mass is 482 g/mol. The molecule has 0 aliphatic carbocycles. The molecule has 0 aliphatic rings. The number of benzene rings is 4. The Bertz CT molecular complexity index is 1260. The van der Waals surface area contributed by atoms with Crippen molar-refractivity contribution in [2.24, 2.45) is 0 Å². The summed E-state index contributed by atoms with van der Waals surface area (Å²) in [6, 6.07) is 32.7. The highest BCUT2D eigenvalue weighted by molar-refractivity contribution is 5.89. The zero-order valence-electron chi connectivity index (χ0n) is 20.5. The molecular weight excluding hydrogens is 452 g/mol. The van der Waals surface area contributed by atoms with E-state index in [-0.39, 0.29) is 6.03 Å². The molecule has 4 aromatic carbocycles. The summed E-state index contributed by atoms with van der Waals surface area (Å²) in [6.45, 7) is 1.25. The molecule has 0 saturated heterocycles. The lowest BCUT2D eigenvalue weighted by Crippen LogP contribution is -2.34. The fourth-order valence-electron chi connectivity index (χ4n) is 3.79. The van der Waals surface area contributed by atoms with Gasteiger partial charge in [-0.1, -0.05) is 72.8 Å². The maximum atomic E-state index is 13.4. The van der Waals surface area contributed by atoms with Crippen molar-refractivity contribution in [2.75, 3.05) is 19.5 Å². The SMILES string of the molecule is COc1cccc(NC(=O)N(Cc2ccccc2)Cc2ccc(OC)c(OCc3ccccc3)c2)c1. The van der Waals surface area contributed by atoms with E-state index in [4.69, 9.17) is 14.2 Å². The molecule has 0 unspecified atom stereocenters. The van der Waals surface area contributed by atoms with Gasteiger partial charge in [-0.2, -0.15) is 0 Å². The molecule has 4 rings (SSSR count). The number of nitrogens with zero attached hydrogens (tertiary/aromatic N) is 1. The maximum Gasteiger partial charge on any atom is 0.322 e. The van der Waals surface area contributed by atoms with Crippen LogP contribution in [0.5, 0.6) is 17.2 Å². The molecule has 184 valence electrons. The van der Waals surface area contributed by atoms with Crippen molar-refractivity contribution in [3.63, 3.8) is 0 Å². The van der Waals surface area contributed by atoms with Crippen LogP contribution in [0.2, 0.25) is 0 Å². The number of amides is 2. The highest BCUT2D eigenvalue weighted by Crippen LogP contribution is 2.30. The van der Waals surface area contributed by atoms with Crippen LogP contribution in [-0.4, -0.2) is 25.2 Å². The number of carbonyl (C=O) groups excluding carboxylic acids is 1. The minimum absolute atomic E-state index is 0.213. The molecular formula is C30H30N2O4. The zero-order chi connectivity index (χ0) is 25.2. The summed E-state index contributed by atoms with van der Waals surface area (Å²) >= 11 is 0. The van der Waals surface area contributed by atoms with Crippen LogP contribution in [0.15, 0.2) is 103 Å². The van der Waals surface area contributed by atoms with Crippen LogP contribution in [0.1, 0.15) is 16.7 Å². The zero-order valence-corrected chi connectivity index (χ0v) is 20.5. The van der Waals surface area contributed by atoms with Crippen LogP contribution >= 0.6 is 0 Å². The van der Waals surface area contributed by atoms with Crippen molar-refractivity contribution in [3.05, 3.63) is 120 Å². The first-order valence-electron chi connectivity index (χ1n) is 11.7. The van der Waals surface area contributed by atoms with Gasteiger partial charge in [0.15, 0.2) is 11.5 Å². The first kappa shape index (κ1) is 24.7. The molecule has 0 radical (unpaired) electrons. The van der Waals surface area contributed by atoms with E-state index in [1.165, 1.54) is 0 Å². The van der Waals surface area contributed by atoms with E-state index in [9.17, 15) is 4.79 Å². The molecule has 0 heterocycles. The van der Waals surface area contributed by atoms with E-state index < -0.39 is 0 Å². The molecule has 2 amide bonds. The lowest BCUT2D eigenvalue weighted by molar-refractivity contribution is 0.206. The van der Waals surface area contributed by atoms with E-state index in [1.807, 2.05) is 97.1 Å². The van der Waals surface area contributed by atoms with Gasteiger partial charge in [0.1, 0.15) is 12.4 Å². The topological polar surface area (TPSA) is 60.0 Å². The Morgan fingerprint density at radius 2 is 1.39 bits per heavy atom. The molecule has 0 saturated carbocycles. The smallest absolute Gasteiger partial charge is 0.322 e. The average molecular weight is 483 g/mol. The summed E-state index contributed by atoms with van der Waals surface area (Å²) in [6.07, 6.45) is 0. The summed E-state index contributed by atoms with van der Waals surface area (Å²) in [4.78, 5) is 15.1. The molecule has 6 nitrogen and oxygen atoms in total. The number of nitrogens with one attached hydrogen (secondary N) is 1. The van der Waals surface area contributed by atoms with Gasteiger partial charge in [0.2, 0.25) is 0 Å². The van der Waals surface area contributed by atoms with E-state index >= 15 is 0 Å². The van der Waals surface area contributed by atoms with Gasteiger partial charge in [-0.3, -0.25) is 0 Å². The van der Waals surface area contributed by atoms with Gasteiger partial charge < -0.3 is 24.4 Å². The maximum absolute atomic E-state index is 13.4. The van der Waals surface area contributed by atoms with Gasteiger partial charge in [0.25, 0.3) is 0 Å². The number of carbonyl (C=O) groups is 1. The highest BCUT2D eigenvalue weighted by Gasteiger charge is 2.17. The van der Waals surface area contributed by atoms with E-state index in [2.05, 4.69) is 5.32 Å².